The van der Waals surface area contributed by atoms with Crippen molar-refractivity contribution in [2.24, 2.45) is 0 Å². The lowest BCUT2D eigenvalue weighted by molar-refractivity contribution is 0.389. The van der Waals surface area contributed by atoms with Crippen molar-refractivity contribution in [3.63, 3.8) is 0 Å². The topological polar surface area (TPSA) is 20.3 Å². The number of hydrogen-bond donors (Lipinski definition) is 0. The molecule has 1 aliphatic rings. The van der Waals surface area contributed by atoms with E-state index in [9.17, 15) is 4.57 Å². The Morgan fingerprint density at radius 2 is 1.80 bits per heavy atom. The quantitative estimate of drug-likeness (QED) is 0.574. The van der Waals surface area contributed by atoms with Crippen LogP contribution in [0.4, 0.5) is 0 Å². The summed E-state index contributed by atoms with van der Waals surface area (Å²) in [6, 6.07) is 0. The molecule has 0 atom stereocenters. The lowest BCUT2D eigenvalue weighted by Gasteiger charge is -2.16. The Morgan fingerprint density at radius 1 is 1.30 bits per heavy atom. The van der Waals surface area contributed by atoms with E-state index in [1.807, 2.05) is 13.3 Å². The zero-order valence-corrected chi connectivity index (χ0v) is 7.73. The minimum Gasteiger partial charge on any atom is -0.323 e. The first-order chi connectivity index (χ1) is 4.58. The third-order valence-corrected chi connectivity index (χ3v) is 2.82. The second-order valence-corrected chi connectivity index (χ2v) is 6.97. The summed E-state index contributed by atoms with van der Waals surface area (Å²) >= 11 is 0. The highest BCUT2D eigenvalue weighted by Gasteiger charge is 2.17. The standard InChI is InChI=1S/C7H16NOP/c1-10(2,9)7-8-5-3-4-6-8/h3-7H2,1-2H3. The molecular weight excluding hydrogens is 145 g/mol. The minimum absolute atomic E-state index is 0.826. The first-order valence-corrected chi connectivity index (χ1v) is 6.63. The Balaban J connectivity index is 2.31. The highest BCUT2D eigenvalue weighted by Crippen LogP contribution is 2.37. The SMILES string of the molecule is CP(C)(=O)CN1CCCC1. The van der Waals surface area contributed by atoms with Gasteiger partial charge >= 0.3 is 0 Å². The molecule has 1 heterocycles. The summed E-state index contributed by atoms with van der Waals surface area (Å²) in [5.74, 6) is 0. The van der Waals surface area contributed by atoms with Crippen LogP contribution in [0.25, 0.3) is 0 Å². The van der Waals surface area contributed by atoms with E-state index >= 15 is 0 Å². The lowest BCUT2D eigenvalue weighted by Crippen LogP contribution is -2.19. The van der Waals surface area contributed by atoms with Crippen LogP contribution in [0.1, 0.15) is 12.8 Å². The van der Waals surface area contributed by atoms with Crippen molar-refractivity contribution in [3.05, 3.63) is 0 Å². The molecular formula is C7H16NOP. The van der Waals surface area contributed by atoms with Crippen LogP contribution in [0, 0.1) is 0 Å². The van der Waals surface area contributed by atoms with Crippen LogP contribution in [0.15, 0.2) is 0 Å². The molecule has 1 aliphatic heterocycles. The van der Waals surface area contributed by atoms with Crippen molar-refractivity contribution >= 4 is 7.14 Å². The normalized spacial score (nSPS) is 21.8. The molecule has 1 rings (SSSR count). The van der Waals surface area contributed by atoms with Crippen LogP contribution in [0.3, 0.4) is 0 Å². The summed E-state index contributed by atoms with van der Waals surface area (Å²) in [6.45, 7) is 6.05. The van der Waals surface area contributed by atoms with Gasteiger partial charge in [-0.3, -0.25) is 4.90 Å². The van der Waals surface area contributed by atoms with Crippen LogP contribution >= 0.6 is 7.14 Å². The van der Waals surface area contributed by atoms with Crippen LogP contribution in [-0.4, -0.2) is 37.6 Å². The second-order valence-electron chi connectivity index (χ2n) is 3.54. The van der Waals surface area contributed by atoms with E-state index in [2.05, 4.69) is 4.90 Å². The molecule has 0 amide bonds. The first-order valence-electron chi connectivity index (χ1n) is 3.84. The van der Waals surface area contributed by atoms with E-state index in [0.717, 1.165) is 19.4 Å². The smallest absolute Gasteiger partial charge is 0.0951 e. The van der Waals surface area contributed by atoms with Crippen molar-refractivity contribution in [1.82, 2.24) is 4.90 Å². The summed E-state index contributed by atoms with van der Waals surface area (Å²) < 4.78 is 11.3. The average molecular weight is 161 g/mol. The van der Waals surface area contributed by atoms with Gasteiger partial charge in [-0.2, -0.15) is 0 Å². The highest BCUT2D eigenvalue weighted by molar-refractivity contribution is 7.62. The molecule has 3 heteroatoms. The third-order valence-electron chi connectivity index (χ3n) is 1.74. The summed E-state index contributed by atoms with van der Waals surface area (Å²) in [4.78, 5) is 2.31. The molecule has 1 fully saturated rings. The predicted octanol–water partition coefficient (Wildman–Crippen LogP) is 1.66. The molecule has 0 aliphatic carbocycles. The zero-order chi connectivity index (χ0) is 7.61. The molecule has 0 aromatic carbocycles. The van der Waals surface area contributed by atoms with E-state index in [1.165, 1.54) is 12.8 Å². The van der Waals surface area contributed by atoms with Gasteiger partial charge in [0.25, 0.3) is 0 Å². The Morgan fingerprint density at radius 3 is 2.20 bits per heavy atom. The minimum atomic E-state index is -1.79. The number of hydrogen-bond acceptors (Lipinski definition) is 2. The number of nitrogens with zero attached hydrogens (tertiary/aromatic N) is 1. The summed E-state index contributed by atoms with van der Waals surface area (Å²) in [5.41, 5.74) is 0. The lowest BCUT2D eigenvalue weighted by atomic mass is 10.4. The van der Waals surface area contributed by atoms with E-state index in [1.54, 1.807) is 0 Å². The Hall–Kier alpha value is 0.190. The van der Waals surface area contributed by atoms with Crippen LogP contribution in [0.5, 0.6) is 0 Å². The molecule has 0 unspecified atom stereocenters. The van der Waals surface area contributed by atoms with Gasteiger partial charge in [-0.1, -0.05) is 0 Å². The fraction of sp³-hybridized carbons (Fsp3) is 1.00. The highest BCUT2D eigenvalue weighted by atomic mass is 31.2. The monoisotopic (exact) mass is 161 g/mol. The van der Waals surface area contributed by atoms with Gasteiger partial charge in [0.2, 0.25) is 0 Å². The van der Waals surface area contributed by atoms with Crippen LogP contribution in [0.2, 0.25) is 0 Å². The van der Waals surface area contributed by atoms with Crippen molar-refractivity contribution in [2.75, 3.05) is 32.7 Å². The largest absolute Gasteiger partial charge is 0.323 e. The molecule has 0 aromatic heterocycles. The molecule has 0 spiro atoms. The van der Waals surface area contributed by atoms with Crippen LogP contribution < -0.4 is 0 Å². The molecule has 10 heavy (non-hydrogen) atoms. The third kappa shape index (κ3) is 2.85. The van der Waals surface area contributed by atoms with Gasteiger partial charge in [0, 0.05) is 0 Å². The fourth-order valence-electron chi connectivity index (χ4n) is 1.41. The molecule has 0 aromatic rings. The van der Waals surface area contributed by atoms with Crippen molar-refractivity contribution in [1.29, 1.82) is 0 Å². The van der Waals surface area contributed by atoms with E-state index < -0.39 is 7.14 Å². The van der Waals surface area contributed by atoms with Gasteiger partial charge in [-0.15, -0.1) is 0 Å². The molecule has 0 bridgehead atoms. The van der Waals surface area contributed by atoms with Crippen molar-refractivity contribution < 1.29 is 4.57 Å². The summed E-state index contributed by atoms with van der Waals surface area (Å²) in [7, 11) is -1.79. The average Bonchev–Trinajstić information content (AvgIpc) is 2.12. The molecule has 1 saturated heterocycles. The van der Waals surface area contributed by atoms with Crippen molar-refractivity contribution in [2.45, 2.75) is 12.8 Å². The number of rotatable bonds is 2. The molecule has 60 valence electrons. The maximum atomic E-state index is 11.3. The fourth-order valence-corrected chi connectivity index (χ4v) is 2.65. The number of likely N-dealkylation sites (tertiary alicyclic amines) is 1. The van der Waals surface area contributed by atoms with E-state index in [4.69, 9.17) is 0 Å². The summed E-state index contributed by atoms with van der Waals surface area (Å²) in [5, 5.41) is 0. The Kier molecular flexibility index (Phi) is 2.54. The first kappa shape index (κ1) is 8.29. The Labute approximate surface area is 63.0 Å². The maximum absolute atomic E-state index is 11.3. The van der Waals surface area contributed by atoms with E-state index in [0.29, 0.717) is 0 Å². The van der Waals surface area contributed by atoms with Gasteiger partial charge < -0.3 is 4.57 Å². The molecule has 0 N–H and O–H groups in total. The zero-order valence-electron chi connectivity index (χ0n) is 6.84. The Bertz CT molecular complexity index is 146. The summed E-state index contributed by atoms with van der Waals surface area (Å²) in [6.07, 6.45) is 3.41. The van der Waals surface area contributed by atoms with Gasteiger partial charge in [-0.25, -0.2) is 0 Å². The van der Waals surface area contributed by atoms with Gasteiger partial charge in [-0.05, 0) is 39.3 Å². The second kappa shape index (κ2) is 3.06. The van der Waals surface area contributed by atoms with Gasteiger partial charge in [0.1, 0.15) is 0 Å². The molecule has 2 nitrogen and oxygen atoms in total. The van der Waals surface area contributed by atoms with E-state index in [-0.39, 0.29) is 0 Å². The van der Waals surface area contributed by atoms with Gasteiger partial charge in [0.15, 0.2) is 0 Å². The molecule has 0 radical (unpaired) electrons. The van der Waals surface area contributed by atoms with Gasteiger partial charge in [0.05, 0.1) is 13.4 Å². The maximum Gasteiger partial charge on any atom is 0.0951 e. The predicted molar refractivity (Wildman–Crippen MR) is 45.1 cm³/mol. The van der Waals surface area contributed by atoms with Crippen LogP contribution in [-0.2, 0) is 4.57 Å². The van der Waals surface area contributed by atoms with Crippen molar-refractivity contribution in [3.8, 4) is 0 Å². The molecule has 0 saturated carbocycles.